The summed E-state index contributed by atoms with van der Waals surface area (Å²) in [6.45, 7) is 2.03. The molecule has 98 valence electrons. The second-order valence-corrected chi connectivity index (χ2v) is 6.75. The summed E-state index contributed by atoms with van der Waals surface area (Å²) in [6, 6.07) is 15.9. The van der Waals surface area contributed by atoms with Crippen LogP contribution in [0, 0.1) is 6.92 Å². The van der Waals surface area contributed by atoms with Crippen molar-refractivity contribution in [2.24, 2.45) is 5.73 Å². The quantitative estimate of drug-likeness (QED) is 0.912. The molecule has 0 spiro atoms. The van der Waals surface area contributed by atoms with Crippen LogP contribution in [0.2, 0.25) is 0 Å². The summed E-state index contributed by atoms with van der Waals surface area (Å²) >= 11 is 0. The average molecular weight is 271 g/mol. The van der Waals surface area contributed by atoms with Gasteiger partial charge in [0.15, 0.2) is 0 Å². The van der Waals surface area contributed by atoms with Crippen LogP contribution in [0.15, 0.2) is 53.4 Å². The third-order valence-corrected chi connectivity index (χ3v) is 5.51. The van der Waals surface area contributed by atoms with Crippen molar-refractivity contribution in [3.05, 3.63) is 65.2 Å². The van der Waals surface area contributed by atoms with E-state index >= 15 is 0 Å². The zero-order valence-corrected chi connectivity index (χ0v) is 11.7. The summed E-state index contributed by atoms with van der Waals surface area (Å²) < 4.78 is 12.7. The molecule has 0 bridgehead atoms. The monoisotopic (exact) mass is 271 g/mol. The van der Waals surface area contributed by atoms with Gasteiger partial charge in [0, 0.05) is 10.9 Å². The molecule has 1 aliphatic carbocycles. The Morgan fingerprint density at radius 3 is 2.47 bits per heavy atom. The van der Waals surface area contributed by atoms with Crippen molar-refractivity contribution < 1.29 is 4.21 Å². The Morgan fingerprint density at radius 2 is 1.79 bits per heavy atom. The van der Waals surface area contributed by atoms with Gasteiger partial charge in [0.1, 0.15) is 0 Å². The third kappa shape index (κ3) is 2.24. The molecule has 0 saturated heterocycles. The van der Waals surface area contributed by atoms with Gasteiger partial charge in [-0.25, -0.2) is 0 Å². The zero-order valence-electron chi connectivity index (χ0n) is 10.9. The lowest BCUT2D eigenvalue weighted by atomic mass is 10.1. The second kappa shape index (κ2) is 4.91. The van der Waals surface area contributed by atoms with Crippen LogP contribution >= 0.6 is 0 Å². The lowest BCUT2D eigenvalue weighted by Crippen LogP contribution is -2.26. The molecule has 2 N–H and O–H groups in total. The van der Waals surface area contributed by atoms with Crippen LogP contribution in [-0.2, 0) is 17.2 Å². The smallest absolute Gasteiger partial charge is 0.0627 e. The second-order valence-electron chi connectivity index (χ2n) is 5.08. The fraction of sp³-hybridized carbons (Fsp3) is 0.250. The molecule has 0 fully saturated rings. The Bertz CT molecular complexity index is 621. The lowest BCUT2D eigenvalue weighted by molar-refractivity contribution is 0.646. The topological polar surface area (TPSA) is 43.1 Å². The maximum absolute atomic E-state index is 12.7. The number of hydrogen-bond acceptors (Lipinski definition) is 2. The first-order chi connectivity index (χ1) is 9.16. The Hall–Kier alpha value is -1.45. The van der Waals surface area contributed by atoms with Crippen LogP contribution in [0.4, 0.5) is 0 Å². The van der Waals surface area contributed by atoms with Crippen molar-refractivity contribution in [2.45, 2.75) is 29.5 Å². The van der Waals surface area contributed by atoms with Gasteiger partial charge in [-0.15, -0.1) is 0 Å². The van der Waals surface area contributed by atoms with E-state index in [9.17, 15) is 4.21 Å². The van der Waals surface area contributed by atoms with Crippen molar-refractivity contribution in [3.63, 3.8) is 0 Å². The minimum Gasteiger partial charge on any atom is -0.323 e. The molecule has 3 unspecified atom stereocenters. The van der Waals surface area contributed by atoms with E-state index in [1.807, 2.05) is 49.4 Å². The van der Waals surface area contributed by atoms with Gasteiger partial charge < -0.3 is 5.73 Å². The molecule has 2 nitrogen and oxygen atoms in total. The molecule has 0 aliphatic heterocycles. The van der Waals surface area contributed by atoms with Crippen LogP contribution in [0.25, 0.3) is 0 Å². The van der Waals surface area contributed by atoms with Gasteiger partial charge in [-0.05, 0) is 36.6 Å². The molecule has 0 radical (unpaired) electrons. The number of benzene rings is 2. The fourth-order valence-electron chi connectivity index (χ4n) is 2.65. The van der Waals surface area contributed by atoms with Gasteiger partial charge in [-0.2, -0.15) is 0 Å². The van der Waals surface area contributed by atoms with E-state index in [0.717, 1.165) is 16.9 Å². The molecule has 3 heteroatoms. The van der Waals surface area contributed by atoms with E-state index in [0.29, 0.717) is 0 Å². The summed E-state index contributed by atoms with van der Waals surface area (Å²) in [5.41, 5.74) is 9.83. The fourth-order valence-corrected chi connectivity index (χ4v) is 4.14. The van der Waals surface area contributed by atoms with E-state index in [2.05, 4.69) is 6.07 Å². The highest BCUT2D eigenvalue weighted by Crippen LogP contribution is 2.34. The van der Waals surface area contributed by atoms with Gasteiger partial charge in [-0.3, -0.25) is 4.21 Å². The lowest BCUT2D eigenvalue weighted by Gasteiger charge is -2.15. The Balaban J connectivity index is 1.89. The number of aryl methyl sites for hydroxylation is 1. The molecule has 3 atom stereocenters. The molecular formula is C16H17NOS. The molecule has 2 aromatic carbocycles. The summed E-state index contributed by atoms with van der Waals surface area (Å²) in [4.78, 5) is 0.874. The molecule has 0 aromatic heterocycles. The number of rotatable bonds is 2. The summed E-state index contributed by atoms with van der Waals surface area (Å²) in [5.74, 6) is 0. The van der Waals surface area contributed by atoms with Crippen LogP contribution in [0.5, 0.6) is 0 Å². The van der Waals surface area contributed by atoms with Gasteiger partial charge in [-0.1, -0.05) is 42.0 Å². The highest BCUT2D eigenvalue weighted by Gasteiger charge is 2.34. The maximum Gasteiger partial charge on any atom is 0.0627 e. The van der Waals surface area contributed by atoms with Crippen LogP contribution in [0.3, 0.4) is 0 Å². The Labute approximate surface area is 116 Å². The Kier molecular flexibility index (Phi) is 3.25. The van der Waals surface area contributed by atoms with Crippen molar-refractivity contribution in [2.75, 3.05) is 0 Å². The molecule has 2 aromatic rings. The minimum absolute atomic E-state index is 0.0138. The zero-order chi connectivity index (χ0) is 13.4. The third-order valence-electron chi connectivity index (χ3n) is 3.76. The maximum atomic E-state index is 12.7. The van der Waals surface area contributed by atoms with E-state index < -0.39 is 10.8 Å². The number of hydrogen-bond donors (Lipinski definition) is 1. The van der Waals surface area contributed by atoms with Crippen molar-refractivity contribution in [1.29, 1.82) is 0 Å². The molecule has 1 aliphatic rings. The van der Waals surface area contributed by atoms with Crippen molar-refractivity contribution >= 4 is 10.8 Å². The predicted molar refractivity (Wildman–Crippen MR) is 78.4 cm³/mol. The number of nitrogens with two attached hydrogens (primary N) is 1. The van der Waals surface area contributed by atoms with Gasteiger partial charge in [0.05, 0.1) is 16.0 Å². The van der Waals surface area contributed by atoms with E-state index in [-0.39, 0.29) is 11.3 Å². The molecule has 0 heterocycles. The average Bonchev–Trinajstić information content (AvgIpc) is 2.77. The summed E-state index contributed by atoms with van der Waals surface area (Å²) in [6.07, 6.45) is 0.803. The number of fused-ring (bicyclic) bond motifs is 1. The SMILES string of the molecule is Cc1ccc(S(=O)C2Cc3ccccc3C2N)cc1. The molecule has 0 saturated carbocycles. The van der Waals surface area contributed by atoms with Crippen LogP contribution in [-0.4, -0.2) is 9.46 Å². The van der Waals surface area contributed by atoms with Gasteiger partial charge >= 0.3 is 0 Å². The van der Waals surface area contributed by atoms with Gasteiger partial charge in [0.2, 0.25) is 0 Å². The summed E-state index contributed by atoms with van der Waals surface area (Å²) in [5, 5.41) is -0.0138. The van der Waals surface area contributed by atoms with E-state index in [4.69, 9.17) is 5.73 Å². The first-order valence-electron chi connectivity index (χ1n) is 6.47. The predicted octanol–water partition coefficient (Wildman–Crippen LogP) is 2.73. The first-order valence-corrected chi connectivity index (χ1v) is 7.69. The molecule has 19 heavy (non-hydrogen) atoms. The van der Waals surface area contributed by atoms with Crippen molar-refractivity contribution in [1.82, 2.24) is 0 Å². The normalized spacial score (nSPS) is 23.1. The standard InChI is InChI=1S/C16H17NOS/c1-11-6-8-13(9-7-11)19(18)15-10-12-4-2-3-5-14(12)16(15)17/h2-9,15-16H,10,17H2,1H3. The highest BCUT2D eigenvalue weighted by atomic mass is 32.2. The molecular weight excluding hydrogens is 254 g/mol. The highest BCUT2D eigenvalue weighted by molar-refractivity contribution is 7.85. The first kappa shape index (κ1) is 12.6. The molecule has 3 rings (SSSR count). The van der Waals surface area contributed by atoms with E-state index in [1.54, 1.807) is 0 Å². The summed E-state index contributed by atoms with van der Waals surface area (Å²) in [7, 11) is -1.05. The van der Waals surface area contributed by atoms with Crippen LogP contribution < -0.4 is 5.73 Å². The van der Waals surface area contributed by atoms with Gasteiger partial charge in [0.25, 0.3) is 0 Å². The van der Waals surface area contributed by atoms with Crippen LogP contribution in [0.1, 0.15) is 22.7 Å². The molecule has 0 amide bonds. The van der Waals surface area contributed by atoms with E-state index in [1.165, 1.54) is 11.1 Å². The Morgan fingerprint density at radius 1 is 1.11 bits per heavy atom. The minimum atomic E-state index is -1.05. The largest absolute Gasteiger partial charge is 0.323 e. The van der Waals surface area contributed by atoms with Crippen molar-refractivity contribution in [3.8, 4) is 0 Å².